The van der Waals surface area contributed by atoms with Crippen LogP contribution in [0.1, 0.15) is 11.1 Å². The standard InChI is InChI=1S/C15H18NO2P/c1-12-8-7-9-13(2)15(12)18-19(3,17)16-14-10-5-4-6-11-14/h4-11H,1-3H3,(H,16,17)/t19-/m0/s1. The molecular formula is C15H18NO2P. The molecule has 0 heterocycles. The summed E-state index contributed by atoms with van der Waals surface area (Å²) in [5.41, 5.74) is 2.76. The van der Waals surface area contributed by atoms with Gasteiger partial charge < -0.3 is 9.61 Å². The second kappa shape index (κ2) is 5.50. The van der Waals surface area contributed by atoms with Crippen LogP contribution in [0.4, 0.5) is 5.69 Å². The molecule has 2 aromatic carbocycles. The van der Waals surface area contributed by atoms with Gasteiger partial charge in [-0.1, -0.05) is 36.4 Å². The third-order valence-electron chi connectivity index (χ3n) is 2.78. The molecule has 100 valence electrons. The van der Waals surface area contributed by atoms with Gasteiger partial charge >= 0.3 is 7.52 Å². The summed E-state index contributed by atoms with van der Waals surface area (Å²) < 4.78 is 18.2. The van der Waals surface area contributed by atoms with Gasteiger partial charge in [0.05, 0.1) is 0 Å². The van der Waals surface area contributed by atoms with Gasteiger partial charge in [-0.3, -0.25) is 4.57 Å². The third-order valence-corrected chi connectivity index (χ3v) is 3.98. The van der Waals surface area contributed by atoms with Crippen LogP contribution in [-0.2, 0) is 4.57 Å². The van der Waals surface area contributed by atoms with Gasteiger partial charge in [0.2, 0.25) is 0 Å². The maximum Gasteiger partial charge on any atom is 0.338 e. The van der Waals surface area contributed by atoms with Crippen molar-refractivity contribution in [3.8, 4) is 5.75 Å². The molecule has 0 unspecified atom stereocenters. The lowest BCUT2D eigenvalue weighted by Crippen LogP contribution is -2.04. The number of hydrogen-bond acceptors (Lipinski definition) is 2. The Balaban J connectivity index is 2.20. The zero-order chi connectivity index (χ0) is 13.9. The van der Waals surface area contributed by atoms with Crippen LogP contribution in [0.15, 0.2) is 48.5 Å². The van der Waals surface area contributed by atoms with Crippen molar-refractivity contribution in [3.63, 3.8) is 0 Å². The Morgan fingerprint density at radius 2 is 1.53 bits per heavy atom. The molecular weight excluding hydrogens is 257 g/mol. The molecule has 0 bridgehead atoms. The largest absolute Gasteiger partial charge is 0.429 e. The van der Waals surface area contributed by atoms with E-state index in [1.165, 1.54) is 0 Å². The first kappa shape index (κ1) is 13.7. The average molecular weight is 275 g/mol. The second-order valence-electron chi connectivity index (χ2n) is 4.64. The number of nitrogens with one attached hydrogen (secondary N) is 1. The van der Waals surface area contributed by atoms with Gasteiger partial charge in [-0.05, 0) is 37.1 Å². The zero-order valence-electron chi connectivity index (χ0n) is 11.4. The molecule has 19 heavy (non-hydrogen) atoms. The van der Waals surface area contributed by atoms with Crippen molar-refractivity contribution < 1.29 is 9.09 Å². The van der Waals surface area contributed by atoms with Crippen molar-refractivity contribution in [2.24, 2.45) is 0 Å². The van der Waals surface area contributed by atoms with Gasteiger partial charge in [0, 0.05) is 12.4 Å². The Bertz CT molecular complexity index is 591. The zero-order valence-corrected chi connectivity index (χ0v) is 12.3. The summed E-state index contributed by atoms with van der Waals surface area (Å²) in [6.45, 7) is 5.49. The summed E-state index contributed by atoms with van der Waals surface area (Å²) in [7, 11) is -2.94. The molecule has 0 fully saturated rings. The summed E-state index contributed by atoms with van der Waals surface area (Å²) in [4.78, 5) is 0. The average Bonchev–Trinajstić information content (AvgIpc) is 2.35. The SMILES string of the molecule is Cc1cccc(C)c1O[P@](C)(=O)Nc1ccccc1. The molecule has 0 aliphatic carbocycles. The van der Waals surface area contributed by atoms with Crippen LogP contribution in [0.5, 0.6) is 5.75 Å². The molecule has 0 spiro atoms. The van der Waals surface area contributed by atoms with E-state index in [1.807, 2.05) is 62.4 Å². The lowest BCUT2D eigenvalue weighted by Gasteiger charge is -2.20. The maximum absolute atomic E-state index is 12.5. The predicted octanol–water partition coefficient (Wildman–Crippen LogP) is 4.62. The first-order chi connectivity index (χ1) is 8.98. The number of para-hydroxylation sites is 2. The molecule has 0 saturated carbocycles. The van der Waals surface area contributed by atoms with Gasteiger partial charge in [0.1, 0.15) is 5.75 Å². The summed E-state index contributed by atoms with van der Waals surface area (Å²) in [5, 5.41) is 2.95. The van der Waals surface area contributed by atoms with E-state index in [1.54, 1.807) is 6.66 Å². The smallest absolute Gasteiger partial charge is 0.338 e. The molecule has 1 N–H and O–H groups in total. The second-order valence-corrected chi connectivity index (χ2v) is 6.73. The van der Waals surface area contributed by atoms with Crippen molar-refractivity contribution >= 4 is 13.2 Å². The Hall–Kier alpha value is -1.73. The van der Waals surface area contributed by atoms with Gasteiger partial charge in [0.25, 0.3) is 0 Å². The molecule has 0 saturated heterocycles. The number of anilines is 1. The van der Waals surface area contributed by atoms with E-state index in [0.717, 1.165) is 16.8 Å². The highest BCUT2D eigenvalue weighted by atomic mass is 31.2. The van der Waals surface area contributed by atoms with Gasteiger partial charge in [-0.15, -0.1) is 0 Å². The maximum atomic E-state index is 12.5. The van der Waals surface area contributed by atoms with Crippen LogP contribution in [0, 0.1) is 13.8 Å². The highest BCUT2D eigenvalue weighted by Crippen LogP contribution is 2.45. The van der Waals surface area contributed by atoms with Crippen LogP contribution < -0.4 is 9.61 Å². The van der Waals surface area contributed by atoms with E-state index in [0.29, 0.717) is 5.75 Å². The number of rotatable bonds is 4. The Kier molecular flexibility index (Phi) is 3.96. The van der Waals surface area contributed by atoms with E-state index in [2.05, 4.69) is 5.09 Å². The lowest BCUT2D eigenvalue weighted by atomic mass is 10.1. The Labute approximate surface area is 114 Å². The highest BCUT2D eigenvalue weighted by molar-refractivity contribution is 7.60. The quantitative estimate of drug-likeness (QED) is 0.827. The van der Waals surface area contributed by atoms with Crippen LogP contribution >= 0.6 is 7.52 Å². The van der Waals surface area contributed by atoms with E-state index in [9.17, 15) is 4.57 Å². The van der Waals surface area contributed by atoms with Crippen LogP contribution in [0.2, 0.25) is 0 Å². The van der Waals surface area contributed by atoms with Crippen LogP contribution in [-0.4, -0.2) is 6.66 Å². The summed E-state index contributed by atoms with van der Waals surface area (Å²) >= 11 is 0. The van der Waals surface area contributed by atoms with Crippen molar-refractivity contribution in [2.45, 2.75) is 13.8 Å². The molecule has 0 radical (unpaired) electrons. The van der Waals surface area contributed by atoms with Gasteiger partial charge in [-0.2, -0.15) is 0 Å². The normalized spacial score (nSPS) is 13.6. The molecule has 0 aromatic heterocycles. The van der Waals surface area contributed by atoms with E-state index in [-0.39, 0.29) is 0 Å². The molecule has 0 aliphatic rings. The lowest BCUT2D eigenvalue weighted by molar-refractivity contribution is 0.490. The van der Waals surface area contributed by atoms with E-state index >= 15 is 0 Å². The summed E-state index contributed by atoms with van der Waals surface area (Å²) in [5.74, 6) is 0.691. The fourth-order valence-corrected chi connectivity index (χ4v) is 3.19. The van der Waals surface area contributed by atoms with Crippen LogP contribution in [0.25, 0.3) is 0 Å². The van der Waals surface area contributed by atoms with Gasteiger partial charge in [-0.25, -0.2) is 0 Å². The van der Waals surface area contributed by atoms with Crippen LogP contribution in [0.3, 0.4) is 0 Å². The molecule has 3 nitrogen and oxygen atoms in total. The first-order valence-corrected chi connectivity index (χ1v) is 8.22. The van der Waals surface area contributed by atoms with E-state index in [4.69, 9.17) is 4.52 Å². The monoisotopic (exact) mass is 275 g/mol. The third kappa shape index (κ3) is 3.62. The number of aryl methyl sites for hydroxylation is 2. The topological polar surface area (TPSA) is 38.3 Å². The van der Waals surface area contributed by atoms with Crippen molar-refractivity contribution in [3.05, 3.63) is 59.7 Å². The summed E-state index contributed by atoms with van der Waals surface area (Å²) in [6.07, 6.45) is 0. The highest BCUT2D eigenvalue weighted by Gasteiger charge is 2.19. The Morgan fingerprint density at radius 1 is 0.947 bits per heavy atom. The fourth-order valence-electron chi connectivity index (χ4n) is 1.89. The Morgan fingerprint density at radius 3 is 2.11 bits per heavy atom. The van der Waals surface area contributed by atoms with Gasteiger partial charge in [0.15, 0.2) is 0 Å². The summed E-state index contributed by atoms with van der Waals surface area (Å²) in [6, 6.07) is 15.3. The van der Waals surface area contributed by atoms with E-state index < -0.39 is 7.52 Å². The van der Waals surface area contributed by atoms with Crippen molar-refractivity contribution in [1.29, 1.82) is 0 Å². The minimum atomic E-state index is -2.94. The number of benzene rings is 2. The van der Waals surface area contributed by atoms with Crippen molar-refractivity contribution in [1.82, 2.24) is 0 Å². The number of hydrogen-bond donors (Lipinski definition) is 1. The molecule has 0 amide bonds. The molecule has 0 aliphatic heterocycles. The molecule has 2 aromatic rings. The molecule has 2 rings (SSSR count). The molecule has 4 heteroatoms. The van der Waals surface area contributed by atoms with Crippen molar-refractivity contribution in [2.75, 3.05) is 11.8 Å². The fraction of sp³-hybridized carbons (Fsp3) is 0.200. The molecule has 1 atom stereocenters. The first-order valence-electron chi connectivity index (χ1n) is 6.14. The minimum Gasteiger partial charge on any atom is -0.429 e. The minimum absolute atomic E-state index is 0.691. The predicted molar refractivity (Wildman–Crippen MR) is 80.1 cm³/mol.